The van der Waals surface area contributed by atoms with Gasteiger partial charge in [-0.1, -0.05) is 19.1 Å². The largest absolute Gasteiger partial charge is 0.330 e. The summed E-state index contributed by atoms with van der Waals surface area (Å²) in [6.45, 7) is 4.86. The van der Waals surface area contributed by atoms with Crippen LogP contribution in [0.4, 0.5) is 0 Å². The van der Waals surface area contributed by atoms with Crippen LogP contribution >= 0.6 is 0 Å². The zero-order valence-electron chi connectivity index (χ0n) is 5.02. The Hall–Kier alpha value is -0.300. The average Bonchev–Trinajstić information content (AvgIpc) is 1.68. The van der Waals surface area contributed by atoms with Crippen molar-refractivity contribution in [1.82, 2.24) is 0 Å². The minimum absolute atomic E-state index is 0.546. The van der Waals surface area contributed by atoms with Crippen molar-refractivity contribution in [3.63, 3.8) is 0 Å². The molecule has 2 N–H and O–H groups in total. The lowest BCUT2D eigenvalue weighted by Crippen LogP contribution is -2.07. The molecular weight excluding hydrogens is 86.1 g/mol. The van der Waals surface area contributed by atoms with Crippen molar-refractivity contribution in [3.05, 3.63) is 12.2 Å². The van der Waals surface area contributed by atoms with Crippen molar-refractivity contribution in [1.29, 1.82) is 0 Å². The molecule has 0 aliphatic heterocycles. The summed E-state index contributed by atoms with van der Waals surface area (Å²) < 4.78 is 0. The van der Waals surface area contributed by atoms with Crippen LogP contribution in [0, 0.1) is 5.92 Å². The van der Waals surface area contributed by atoms with Crippen LogP contribution in [0.1, 0.15) is 13.8 Å². The first-order valence-electron chi connectivity index (χ1n) is 2.64. The number of rotatable bonds is 2. The van der Waals surface area contributed by atoms with Gasteiger partial charge in [0.05, 0.1) is 0 Å². The van der Waals surface area contributed by atoms with Crippen molar-refractivity contribution in [2.75, 3.05) is 6.54 Å². The molecule has 0 aromatic carbocycles. The SMILES string of the molecule is CC=CC(C)CN. The molecule has 7 heavy (non-hydrogen) atoms. The predicted octanol–water partition coefficient (Wildman–Crippen LogP) is 1.16. The van der Waals surface area contributed by atoms with Gasteiger partial charge in [0.25, 0.3) is 0 Å². The van der Waals surface area contributed by atoms with E-state index in [-0.39, 0.29) is 0 Å². The van der Waals surface area contributed by atoms with Gasteiger partial charge in [-0.3, -0.25) is 0 Å². The van der Waals surface area contributed by atoms with Crippen molar-refractivity contribution in [2.24, 2.45) is 11.7 Å². The maximum Gasteiger partial charge on any atom is -0.00168 e. The summed E-state index contributed by atoms with van der Waals surface area (Å²) >= 11 is 0. The minimum Gasteiger partial charge on any atom is -0.330 e. The van der Waals surface area contributed by atoms with Gasteiger partial charge in [-0.2, -0.15) is 0 Å². The molecule has 1 nitrogen and oxygen atoms in total. The molecule has 0 saturated carbocycles. The van der Waals surface area contributed by atoms with Gasteiger partial charge in [0.15, 0.2) is 0 Å². The van der Waals surface area contributed by atoms with Gasteiger partial charge in [0.1, 0.15) is 0 Å². The van der Waals surface area contributed by atoms with Gasteiger partial charge in [-0.25, -0.2) is 0 Å². The second kappa shape index (κ2) is 3.88. The van der Waals surface area contributed by atoms with Crippen LogP contribution in [0.2, 0.25) is 0 Å². The van der Waals surface area contributed by atoms with E-state index in [9.17, 15) is 0 Å². The molecule has 0 rings (SSSR count). The molecule has 0 aromatic rings. The van der Waals surface area contributed by atoms with Crippen LogP contribution < -0.4 is 5.73 Å². The number of nitrogens with two attached hydrogens (primary N) is 1. The lowest BCUT2D eigenvalue weighted by Gasteiger charge is -1.95. The zero-order valence-corrected chi connectivity index (χ0v) is 5.02. The Balaban J connectivity index is 3.16. The second-order valence-electron chi connectivity index (χ2n) is 1.74. The monoisotopic (exact) mass is 99.1 g/mol. The van der Waals surface area contributed by atoms with Crippen molar-refractivity contribution >= 4 is 0 Å². The molecule has 0 aliphatic rings. The maximum atomic E-state index is 5.31. The maximum absolute atomic E-state index is 5.31. The summed E-state index contributed by atoms with van der Waals surface area (Å²) in [6.07, 6.45) is 4.12. The van der Waals surface area contributed by atoms with Crippen LogP contribution in [0.15, 0.2) is 12.2 Å². The fourth-order valence-electron chi connectivity index (χ4n) is 0.407. The van der Waals surface area contributed by atoms with Gasteiger partial charge in [-0.15, -0.1) is 0 Å². The molecule has 1 unspecified atom stereocenters. The minimum atomic E-state index is 0.546. The number of hydrogen-bond donors (Lipinski definition) is 1. The Morgan fingerprint density at radius 1 is 1.71 bits per heavy atom. The summed E-state index contributed by atoms with van der Waals surface area (Å²) in [5.41, 5.74) is 5.31. The fourth-order valence-corrected chi connectivity index (χ4v) is 0.407. The average molecular weight is 99.2 g/mol. The Kier molecular flexibility index (Phi) is 3.71. The lowest BCUT2D eigenvalue weighted by molar-refractivity contribution is 0.739. The molecule has 0 aliphatic carbocycles. The predicted molar refractivity (Wildman–Crippen MR) is 33.0 cm³/mol. The fraction of sp³-hybridized carbons (Fsp3) is 0.667. The number of hydrogen-bond acceptors (Lipinski definition) is 1. The molecule has 1 atom stereocenters. The van der Waals surface area contributed by atoms with E-state index in [2.05, 4.69) is 13.0 Å². The summed E-state index contributed by atoms with van der Waals surface area (Å²) in [5, 5.41) is 0. The van der Waals surface area contributed by atoms with Crippen molar-refractivity contribution in [2.45, 2.75) is 13.8 Å². The molecule has 0 radical (unpaired) electrons. The Bertz CT molecular complexity index is 57.2. The first kappa shape index (κ1) is 6.70. The van der Waals surface area contributed by atoms with Crippen LogP contribution in [0.5, 0.6) is 0 Å². The topological polar surface area (TPSA) is 26.0 Å². The third-order valence-corrected chi connectivity index (χ3v) is 0.893. The second-order valence-corrected chi connectivity index (χ2v) is 1.74. The van der Waals surface area contributed by atoms with E-state index in [0.717, 1.165) is 6.54 Å². The van der Waals surface area contributed by atoms with Gasteiger partial charge < -0.3 is 5.73 Å². The first-order chi connectivity index (χ1) is 3.31. The molecule has 0 heterocycles. The summed E-state index contributed by atoms with van der Waals surface area (Å²) in [5.74, 6) is 0.546. The zero-order chi connectivity index (χ0) is 5.70. The molecule has 0 aromatic heterocycles. The lowest BCUT2D eigenvalue weighted by atomic mass is 10.2. The molecule has 1 heteroatoms. The Morgan fingerprint density at radius 3 is 2.43 bits per heavy atom. The molecule has 0 amide bonds. The number of allylic oxidation sites excluding steroid dienone is 1. The van der Waals surface area contributed by atoms with Gasteiger partial charge in [0.2, 0.25) is 0 Å². The highest BCUT2D eigenvalue weighted by atomic mass is 14.5. The van der Waals surface area contributed by atoms with Gasteiger partial charge in [-0.05, 0) is 19.4 Å². The van der Waals surface area contributed by atoms with E-state index >= 15 is 0 Å². The highest BCUT2D eigenvalue weighted by Crippen LogP contribution is 1.90. The highest BCUT2D eigenvalue weighted by molar-refractivity contribution is 4.82. The van der Waals surface area contributed by atoms with E-state index < -0.39 is 0 Å². The van der Waals surface area contributed by atoms with Crippen LogP contribution in [-0.2, 0) is 0 Å². The quantitative estimate of drug-likeness (QED) is 0.516. The van der Waals surface area contributed by atoms with E-state index in [1.807, 2.05) is 13.0 Å². The molecular formula is C6H13N. The Labute approximate surface area is 45.2 Å². The molecule has 42 valence electrons. The van der Waals surface area contributed by atoms with E-state index in [1.54, 1.807) is 0 Å². The normalized spacial score (nSPS) is 15.3. The smallest absolute Gasteiger partial charge is 0.00168 e. The van der Waals surface area contributed by atoms with E-state index in [1.165, 1.54) is 0 Å². The molecule has 0 bridgehead atoms. The van der Waals surface area contributed by atoms with E-state index in [0.29, 0.717) is 5.92 Å². The van der Waals surface area contributed by atoms with Gasteiger partial charge >= 0.3 is 0 Å². The third-order valence-electron chi connectivity index (χ3n) is 0.893. The van der Waals surface area contributed by atoms with Crippen LogP contribution in [0.3, 0.4) is 0 Å². The first-order valence-corrected chi connectivity index (χ1v) is 2.64. The summed E-state index contributed by atoms with van der Waals surface area (Å²) in [4.78, 5) is 0. The molecule has 0 spiro atoms. The van der Waals surface area contributed by atoms with Crippen LogP contribution in [0.25, 0.3) is 0 Å². The summed E-state index contributed by atoms with van der Waals surface area (Å²) in [7, 11) is 0. The standard InChI is InChI=1S/C6H13N/c1-3-4-6(2)5-7/h3-4,6H,5,7H2,1-2H3. The molecule has 0 fully saturated rings. The Morgan fingerprint density at radius 2 is 2.29 bits per heavy atom. The van der Waals surface area contributed by atoms with E-state index in [4.69, 9.17) is 5.73 Å². The summed E-state index contributed by atoms with van der Waals surface area (Å²) in [6, 6.07) is 0. The van der Waals surface area contributed by atoms with Crippen molar-refractivity contribution in [3.8, 4) is 0 Å². The third kappa shape index (κ3) is 3.53. The highest BCUT2D eigenvalue weighted by Gasteiger charge is 1.86. The van der Waals surface area contributed by atoms with Crippen molar-refractivity contribution < 1.29 is 0 Å². The molecule has 0 saturated heterocycles. The van der Waals surface area contributed by atoms with Gasteiger partial charge in [0, 0.05) is 0 Å². The van der Waals surface area contributed by atoms with Crippen LogP contribution in [-0.4, -0.2) is 6.54 Å².